The zero-order chi connectivity index (χ0) is 45.3. The van der Waals surface area contributed by atoms with Crippen molar-refractivity contribution in [3.05, 3.63) is 23.0 Å². The van der Waals surface area contributed by atoms with E-state index in [9.17, 15) is 4.39 Å². The molecule has 0 spiro atoms. The zero-order valence-electron chi connectivity index (χ0n) is 28.1. The van der Waals surface area contributed by atoms with Crippen LogP contribution in [0, 0.1) is 5.82 Å². The van der Waals surface area contributed by atoms with Crippen molar-refractivity contribution in [1.29, 1.82) is 0 Å². The lowest BCUT2D eigenvalue weighted by Gasteiger charge is -2.22. The SMILES string of the molecule is CC12CCC(O1)c1cc(N)c(N)c(F)c12.S=S=S=S=S=S=S=S=S=S=S=S=S=S=S=S=S=S=S=S=S=S=S=S=S=S=S=S=S=S=S=S=S=S=S=S=S=S=S=S=S=S=S=S=S=S=S=S. The lowest BCUT2D eigenvalue weighted by molar-refractivity contribution is -0.00846. The van der Waals surface area contributed by atoms with Crippen LogP contribution < -0.4 is 11.5 Å². The Hall–Kier alpha value is 9.27. The summed E-state index contributed by atoms with van der Waals surface area (Å²) in [5.41, 5.74) is 12.6. The molecule has 0 aliphatic carbocycles. The minimum absolute atomic E-state index is 0.00222. The second-order valence-corrected chi connectivity index (χ2v) is 89.0. The van der Waals surface area contributed by atoms with E-state index in [0.717, 1.165) is 18.4 Å². The summed E-state index contributed by atoms with van der Waals surface area (Å²) in [5, 5.41) is 0. The summed E-state index contributed by atoms with van der Waals surface area (Å²) in [6.45, 7) is 1.91. The first kappa shape index (κ1) is 68.4. The number of benzene rings is 1. The van der Waals surface area contributed by atoms with Gasteiger partial charge in [0.1, 0.15) is 0 Å². The monoisotopic (exact) mass is 1740 g/mol. The number of nitrogen functional groups attached to an aromatic ring is 2. The van der Waals surface area contributed by atoms with Crippen LogP contribution in [0.1, 0.15) is 37.0 Å². The van der Waals surface area contributed by atoms with Crippen LogP contribution >= 0.6 is 0 Å². The van der Waals surface area contributed by atoms with Gasteiger partial charge >= 0.3 is 0 Å². The minimum Gasteiger partial charge on any atom is -0.397 e. The standard InChI is InChI=1S/C11H13FN2O.S48/c1-11-3-2-7(15-11)5-4-6(13)10(14)9(12)8(5)11;1-3-5-7-9-11-13-15-17-19-21-23-25-27-29-31-33-35-37-39-41-43-45-47-48-46-44-42-40-38-36-34-32-30-28-26-24-22-20-18-16-14-12-10-8-6-4-2/h4,7H,2-3,13-14H2,1H3;. The Labute approximate surface area is 504 Å². The molecule has 3 nitrogen and oxygen atoms in total. The fraction of sp³-hybridized carbons (Fsp3) is 0.455. The molecule has 2 unspecified atom stereocenters. The third-order valence-electron chi connectivity index (χ3n) is 4.78. The van der Waals surface area contributed by atoms with Crippen LogP contribution in [0.4, 0.5) is 15.8 Å². The molecule has 63 heavy (non-hydrogen) atoms. The smallest absolute Gasteiger partial charge is 0.154 e. The first-order valence-corrected chi connectivity index (χ1v) is 75.6. The van der Waals surface area contributed by atoms with Crippen LogP contribution in [0.25, 0.3) is 0 Å². The van der Waals surface area contributed by atoms with Crippen LogP contribution in [0.3, 0.4) is 0 Å². The number of fused-ring (bicyclic) bond motifs is 5. The van der Waals surface area contributed by atoms with E-state index < -0.39 is 11.4 Å². The predicted molar refractivity (Wildman–Crippen MR) is 409 cm³/mol. The number of hydrogen-bond acceptors (Lipinski definition) is 5. The Morgan fingerprint density at radius 2 is 0.667 bits per heavy atom. The summed E-state index contributed by atoms with van der Waals surface area (Å²) in [5.74, 6) is -0.394. The third kappa shape index (κ3) is 37.7. The molecule has 52 heteroatoms. The lowest BCUT2D eigenvalue weighted by Crippen LogP contribution is -2.20. The number of rotatable bonds is 0. The van der Waals surface area contributed by atoms with E-state index >= 15 is 0 Å². The van der Waals surface area contributed by atoms with E-state index in [1.54, 1.807) is 113 Å². The van der Waals surface area contributed by atoms with Crippen molar-refractivity contribution in [3.63, 3.8) is 0 Å². The Morgan fingerprint density at radius 1 is 0.444 bits per heavy atom. The molecule has 0 aromatic heterocycles. The second-order valence-electron chi connectivity index (χ2n) is 7.66. The summed E-state index contributed by atoms with van der Waals surface area (Å²) in [6.07, 6.45) is 1.79. The summed E-state index contributed by atoms with van der Waals surface area (Å²) < 4.78 is 19.8. The van der Waals surface area contributed by atoms with Gasteiger partial charge in [-0.15, -0.1) is 0 Å². The Bertz CT molecular complexity index is 3880. The Morgan fingerprint density at radius 3 is 0.889 bits per heavy atom. The van der Waals surface area contributed by atoms with Gasteiger partial charge in [0.25, 0.3) is 0 Å². The molecule has 2 aliphatic rings. The molecule has 3 rings (SSSR count). The number of anilines is 2. The molecule has 0 saturated carbocycles. The maximum atomic E-state index is 14.0. The highest BCUT2D eigenvalue weighted by Crippen LogP contribution is 2.56. The van der Waals surface area contributed by atoms with Gasteiger partial charge in [0.05, 0.1) is 23.1 Å². The molecule has 1 aromatic carbocycles. The molecular formula is C11H13FN2OS48. The number of halogens is 1. The van der Waals surface area contributed by atoms with E-state index in [4.69, 9.17) is 38.6 Å². The Kier molecular flexibility index (Phi) is 55.1. The molecule has 0 radical (unpaired) electrons. The molecule has 2 heterocycles. The van der Waals surface area contributed by atoms with Crippen molar-refractivity contribution >= 4 is 442 Å². The second kappa shape index (κ2) is 50.8. The number of hydrogen-bond donors (Lipinski definition) is 2. The van der Waals surface area contributed by atoms with Gasteiger partial charge in [-0.1, -0.05) is 0 Å². The quantitative estimate of drug-likeness (QED) is 0.390. The highest BCUT2D eigenvalue weighted by molar-refractivity contribution is 8.82. The van der Waals surface area contributed by atoms with Crippen LogP contribution in [0.15, 0.2) is 6.07 Å². The largest absolute Gasteiger partial charge is 0.397 e. The highest BCUT2D eigenvalue weighted by atomic mass is 33.5. The van der Waals surface area contributed by atoms with Crippen LogP contribution in [0.2, 0.25) is 0 Å². The molecule has 1 fully saturated rings. The minimum atomic E-state index is -0.494. The van der Waals surface area contributed by atoms with Crippen molar-refractivity contribution in [2.45, 2.75) is 31.5 Å². The zero-order valence-corrected chi connectivity index (χ0v) is 67.3. The van der Waals surface area contributed by atoms with Crippen molar-refractivity contribution in [2.24, 2.45) is 0 Å². The fourth-order valence-corrected chi connectivity index (χ4v) is 124. The first-order valence-electron chi connectivity index (χ1n) is 12.9. The van der Waals surface area contributed by atoms with Crippen molar-refractivity contribution < 1.29 is 9.13 Å². The molecule has 4 N–H and O–H groups in total. The van der Waals surface area contributed by atoms with Crippen molar-refractivity contribution in [2.75, 3.05) is 11.5 Å². The predicted octanol–water partition coefficient (Wildman–Crippen LogP) is 1.96. The summed E-state index contributed by atoms with van der Waals surface area (Å²) in [4.78, 5) is 0. The lowest BCUT2D eigenvalue weighted by atomic mass is 9.82. The van der Waals surface area contributed by atoms with Gasteiger partial charge in [0.15, 0.2) is 5.82 Å². The van der Waals surface area contributed by atoms with E-state index in [-0.39, 0.29) is 11.8 Å². The highest BCUT2D eigenvalue weighted by Gasteiger charge is 2.49. The van der Waals surface area contributed by atoms with Gasteiger partial charge in [-0.2, -0.15) is 0 Å². The van der Waals surface area contributed by atoms with Gasteiger partial charge in [-0.05, 0) is 31.4 Å². The van der Waals surface area contributed by atoms with E-state index in [0.29, 0.717) is 11.3 Å². The maximum absolute atomic E-state index is 14.0. The summed E-state index contributed by atoms with van der Waals surface area (Å²) in [7, 11) is 82.0. The normalized spacial score (nSPS) is 13.5. The molecule has 2 aliphatic heterocycles. The molecule has 1 saturated heterocycles. The Balaban J connectivity index is 0.000000744. The van der Waals surface area contributed by atoms with Crippen LogP contribution in [0.5, 0.6) is 0 Å². The van der Waals surface area contributed by atoms with Crippen LogP contribution in [-0.2, 0) is 441 Å². The van der Waals surface area contributed by atoms with E-state index in [2.05, 4.69) is 0 Å². The summed E-state index contributed by atoms with van der Waals surface area (Å²) in [6, 6.07) is 1.75. The molecular weight excluding hydrogens is 1730 g/mol. The van der Waals surface area contributed by atoms with Gasteiger partial charge in [-0.25, -0.2) is 4.39 Å². The average molecular weight is 1750 g/mol. The topological polar surface area (TPSA) is 61.3 Å². The summed E-state index contributed by atoms with van der Waals surface area (Å²) >= 11 is 9.62. The molecule has 2 bridgehead atoms. The van der Waals surface area contributed by atoms with Gasteiger partial charge in [0, 0.05) is 436 Å². The molecule has 0 amide bonds. The third-order valence-corrected chi connectivity index (χ3v) is 105. The molecule has 2 atom stereocenters. The van der Waals surface area contributed by atoms with Crippen molar-refractivity contribution in [3.8, 4) is 0 Å². The van der Waals surface area contributed by atoms with E-state index in [1.807, 2.05) is 291 Å². The van der Waals surface area contributed by atoms with Gasteiger partial charge < -0.3 is 16.2 Å². The number of nitrogens with two attached hydrogens (primary N) is 2. The number of ether oxygens (including phenoxy) is 1. The average Bonchev–Trinajstić information content (AvgIpc) is 3.81. The van der Waals surface area contributed by atoms with Gasteiger partial charge in [-0.3, -0.25) is 0 Å². The fourth-order valence-electron chi connectivity index (χ4n) is 3.24. The maximum Gasteiger partial charge on any atom is 0.154 e. The van der Waals surface area contributed by atoms with Crippen LogP contribution in [-0.4, -0.2) is 0 Å². The first-order chi connectivity index (χ1) is 30.9. The van der Waals surface area contributed by atoms with Crippen molar-refractivity contribution in [1.82, 2.24) is 0 Å². The molecule has 1 aromatic rings. The molecule has 368 valence electrons. The van der Waals surface area contributed by atoms with Gasteiger partial charge in [0.2, 0.25) is 0 Å². The van der Waals surface area contributed by atoms with E-state index in [1.165, 1.54) is 17.8 Å².